The molecule has 18 heavy (non-hydrogen) atoms. The maximum Gasteiger partial charge on any atom is 0.152 e. The van der Waals surface area contributed by atoms with Crippen molar-refractivity contribution < 1.29 is 8.42 Å². The van der Waals surface area contributed by atoms with E-state index in [9.17, 15) is 8.42 Å². The lowest BCUT2D eigenvalue weighted by molar-refractivity contribution is 0.424. The van der Waals surface area contributed by atoms with E-state index in [1.54, 1.807) is 0 Å². The largest absolute Gasteiger partial charge is 0.330 e. The molecule has 2 fully saturated rings. The van der Waals surface area contributed by atoms with Crippen LogP contribution in [0.15, 0.2) is 12.5 Å². The normalized spacial score (nSPS) is 28.6. The Kier molecular flexibility index (Phi) is 3.15. The van der Waals surface area contributed by atoms with Gasteiger partial charge in [-0.05, 0) is 32.4 Å². The maximum atomic E-state index is 11.6. The van der Waals surface area contributed by atoms with E-state index in [2.05, 4.69) is 14.9 Å². The van der Waals surface area contributed by atoms with Crippen LogP contribution >= 0.6 is 0 Å². The third-order valence-corrected chi connectivity index (χ3v) is 5.81. The molecule has 2 aliphatic heterocycles. The first-order valence-electron chi connectivity index (χ1n) is 6.58. The van der Waals surface area contributed by atoms with Crippen LogP contribution in [0.25, 0.3) is 0 Å². The van der Waals surface area contributed by atoms with E-state index in [4.69, 9.17) is 0 Å². The number of hydrogen-bond acceptors (Lipinski definition) is 4. The van der Waals surface area contributed by atoms with Crippen molar-refractivity contribution in [3.63, 3.8) is 0 Å². The number of nitrogens with one attached hydrogen (secondary N) is 1. The van der Waals surface area contributed by atoms with Crippen LogP contribution in [-0.4, -0.2) is 42.6 Å². The highest BCUT2D eigenvalue weighted by Crippen LogP contribution is 2.31. The van der Waals surface area contributed by atoms with Gasteiger partial charge in [-0.25, -0.2) is 13.4 Å². The van der Waals surface area contributed by atoms with Gasteiger partial charge in [0, 0.05) is 23.9 Å². The number of piperidine rings is 1. The molecular formula is C12H19N3O2S. The molecule has 0 saturated carbocycles. The van der Waals surface area contributed by atoms with Gasteiger partial charge in [0.2, 0.25) is 0 Å². The molecule has 1 N–H and O–H groups in total. The predicted molar refractivity (Wildman–Crippen MR) is 69.4 cm³/mol. The summed E-state index contributed by atoms with van der Waals surface area (Å²) < 4.78 is 25.3. The average Bonchev–Trinajstić information content (AvgIpc) is 2.96. The van der Waals surface area contributed by atoms with Crippen molar-refractivity contribution >= 4 is 9.84 Å². The number of imidazole rings is 1. The summed E-state index contributed by atoms with van der Waals surface area (Å²) >= 11 is 0. The van der Waals surface area contributed by atoms with Crippen LogP contribution in [0.4, 0.5) is 0 Å². The van der Waals surface area contributed by atoms with Gasteiger partial charge in [-0.1, -0.05) is 0 Å². The molecule has 2 saturated heterocycles. The van der Waals surface area contributed by atoms with E-state index >= 15 is 0 Å². The van der Waals surface area contributed by atoms with Crippen molar-refractivity contribution in [1.82, 2.24) is 14.9 Å². The number of hydrogen-bond donors (Lipinski definition) is 1. The molecule has 0 radical (unpaired) electrons. The zero-order valence-electron chi connectivity index (χ0n) is 10.4. The minimum Gasteiger partial charge on any atom is -0.330 e. The van der Waals surface area contributed by atoms with Gasteiger partial charge in [0.15, 0.2) is 9.84 Å². The third-order valence-electron chi connectivity index (χ3n) is 4.06. The maximum absolute atomic E-state index is 11.6. The molecule has 100 valence electrons. The first-order chi connectivity index (χ1) is 8.66. The Morgan fingerprint density at radius 1 is 1.28 bits per heavy atom. The zero-order chi connectivity index (χ0) is 12.6. The summed E-state index contributed by atoms with van der Waals surface area (Å²) in [6, 6.07) is 0.0994. The summed E-state index contributed by atoms with van der Waals surface area (Å²) in [6.07, 6.45) is 6.69. The van der Waals surface area contributed by atoms with Crippen LogP contribution in [0.2, 0.25) is 0 Å². The summed E-state index contributed by atoms with van der Waals surface area (Å²) in [5.74, 6) is 1.13. The second kappa shape index (κ2) is 4.66. The Morgan fingerprint density at radius 2 is 2.06 bits per heavy atom. The van der Waals surface area contributed by atoms with Crippen molar-refractivity contribution in [2.75, 3.05) is 24.6 Å². The molecule has 1 atom stereocenters. The second-order valence-electron chi connectivity index (χ2n) is 5.31. The Balaban J connectivity index is 1.83. The molecule has 0 spiro atoms. The molecule has 2 aliphatic rings. The van der Waals surface area contributed by atoms with Crippen molar-refractivity contribution in [2.24, 2.45) is 0 Å². The van der Waals surface area contributed by atoms with Crippen LogP contribution < -0.4 is 5.32 Å². The SMILES string of the molecule is O=S1(=O)CCC(n2cncc2C2CCNCC2)C1. The molecular weight excluding hydrogens is 250 g/mol. The summed E-state index contributed by atoms with van der Waals surface area (Å²) in [5.41, 5.74) is 1.22. The quantitative estimate of drug-likeness (QED) is 0.859. The molecule has 1 aromatic rings. The molecule has 1 aromatic heterocycles. The molecule has 6 heteroatoms. The van der Waals surface area contributed by atoms with Gasteiger partial charge in [-0.3, -0.25) is 0 Å². The van der Waals surface area contributed by atoms with E-state index in [1.807, 2.05) is 12.5 Å². The summed E-state index contributed by atoms with van der Waals surface area (Å²) in [5, 5.41) is 3.35. The first-order valence-corrected chi connectivity index (χ1v) is 8.41. The van der Waals surface area contributed by atoms with Crippen LogP contribution in [0, 0.1) is 0 Å². The second-order valence-corrected chi connectivity index (χ2v) is 7.54. The van der Waals surface area contributed by atoms with Gasteiger partial charge in [-0.15, -0.1) is 0 Å². The molecule has 0 amide bonds. The zero-order valence-corrected chi connectivity index (χ0v) is 11.2. The van der Waals surface area contributed by atoms with Crippen LogP contribution in [0.3, 0.4) is 0 Å². The fraction of sp³-hybridized carbons (Fsp3) is 0.750. The fourth-order valence-electron chi connectivity index (χ4n) is 3.05. The average molecular weight is 269 g/mol. The van der Waals surface area contributed by atoms with E-state index in [0.29, 0.717) is 11.7 Å². The third kappa shape index (κ3) is 2.31. The molecule has 5 nitrogen and oxygen atoms in total. The smallest absolute Gasteiger partial charge is 0.152 e. The van der Waals surface area contributed by atoms with Crippen LogP contribution in [-0.2, 0) is 9.84 Å². The topological polar surface area (TPSA) is 64.0 Å². The molecule has 0 aliphatic carbocycles. The summed E-state index contributed by atoms with van der Waals surface area (Å²) in [6.45, 7) is 2.08. The standard InChI is InChI=1S/C12H19N3O2S/c16-18(17)6-3-11(8-18)15-9-14-7-12(15)10-1-4-13-5-2-10/h7,9-11,13H,1-6,8H2. The van der Waals surface area contributed by atoms with Crippen molar-refractivity contribution in [2.45, 2.75) is 31.2 Å². The number of sulfone groups is 1. The molecule has 0 aromatic carbocycles. The number of aromatic nitrogens is 2. The van der Waals surface area contributed by atoms with Crippen molar-refractivity contribution in [3.8, 4) is 0 Å². The number of nitrogens with zero attached hydrogens (tertiary/aromatic N) is 2. The fourth-order valence-corrected chi connectivity index (χ4v) is 4.76. The predicted octanol–water partition coefficient (Wildman–Crippen LogP) is 0.710. The van der Waals surface area contributed by atoms with E-state index < -0.39 is 9.84 Å². The van der Waals surface area contributed by atoms with Gasteiger partial charge in [-0.2, -0.15) is 0 Å². The summed E-state index contributed by atoms with van der Waals surface area (Å²) in [4.78, 5) is 4.24. The highest BCUT2D eigenvalue weighted by molar-refractivity contribution is 7.91. The Hall–Kier alpha value is -0.880. The molecule has 3 heterocycles. The first kappa shape index (κ1) is 12.2. The summed E-state index contributed by atoms with van der Waals surface area (Å²) in [7, 11) is -2.83. The Morgan fingerprint density at radius 3 is 2.72 bits per heavy atom. The van der Waals surface area contributed by atoms with Gasteiger partial charge >= 0.3 is 0 Å². The molecule has 1 unspecified atom stereocenters. The van der Waals surface area contributed by atoms with Gasteiger partial charge in [0.25, 0.3) is 0 Å². The van der Waals surface area contributed by atoms with E-state index in [-0.39, 0.29) is 11.8 Å². The molecule has 0 bridgehead atoms. The lowest BCUT2D eigenvalue weighted by atomic mass is 9.94. The van der Waals surface area contributed by atoms with Crippen molar-refractivity contribution in [3.05, 3.63) is 18.2 Å². The monoisotopic (exact) mass is 269 g/mol. The minimum atomic E-state index is -2.83. The van der Waals surface area contributed by atoms with E-state index in [1.165, 1.54) is 5.69 Å². The van der Waals surface area contributed by atoms with Crippen molar-refractivity contribution in [1.29, 1.82) is 0 Å². The minimum absolute atomic E-state index is 0.0994. The Bertz CT molecular complexity index is 517. The van der Waals surface area contributed by atoms with E-state index in [0.717, 1.165) is 32.4 Å². The lowest BCUT2D eigenvalue weighted by Crippen LogP contribution is -2.28. The highest BCUT2D eigenvalue weighted by Gasteiger charge is 2.31. The lowest BCUT2D eigenvalue weighted by Gasteiger charge is -2.25. The van der Waals surface area contributed by atoms with Gasteiger partial charge in [0.1, 0.15) is 0 Å². The van der Waals surface area contributed by atoms with Gasteiger partial charge < -0.3 is 9.88 Å². The highest BCUT2D eigenvalue weighted by atomic mass is 32.2. The Labute approximate surface area is 108 Å². The number of rotatable bonds is 2. The van der Waals surface area contributed by atoms with Gasteiger partial charge in [0.05, 0.1) is 17.8 Å². The molecule has 3 rings (SSSR count). The van der Waals surface area contributed by atoms with Crippen LogP contribution in [0.1, 0.15) is 36.9 Å². The van der Waals surface area contributed by atoms with Crippen LogP contribution in [0.5, 0.6) is 0 Å².